The maximum Gasteiger partial charge on any atom is 0.407 e. The van der Waals surface area contributed by atoms with E-state index in [1.54, 1.807) is 11.3 Å². The van der Waals surface area contributed by atoms with E-state index in [0.717, 1.165) is 10.9 Å². The van der Waals surface area contributed by atoms with E-state index in [0.29, 0.717) is 6.61 Å². The Labute approximate surface area is 156 Å². The van der Waals surface area contributed by atoms with Gasteiger partial charge < -0.3 is 20.1 Å². The van der Waals surface area contributed by atoms with Gasteiger partial charge in [0.15, 0.2) is 0 Å². The number of hydrogen-bond donors (Lipinski definition) is 2. The van der Waals surface area contributed by atoms with Gasteiger partial charge in [-0.05, 0) is 68.4 Å². The predicted molar refractivity (Wildman–Crippen MR) is 101 cm³/mol. The fraction of sp³-hybridized carbons (Fsp3) is 0.706. The van der Waals surface area contributed by atoms with Gasteiger partial charge in [0.2, 0.25) is 0 Å². The van der Waals surface area contributed by atoms with Crippen LogP contribution < -0.4 is 10.6 Å². The van der Waals surface area contributed by atoms with Crippen LogP contribution in [0.1, 0.15) is 52.0 Å². The number of alkyl carbamates (subject to hydrolysis) is 1. The molecule has 0 aromatic carbocycles. The lowest BCUT2D eigenvalue weighted by atomic mass is 9.82. The molecule has 0 radical (unpaired) electrons. The maximum absolute atomic E-state index is 12.0. The van der Waals surface area contributed by atoms with E-state index in [2.05, 4.69) is 44.9 Å². The average molecular weight is 419 g/mol. The van der Waals surface area contributed by atoms with Crippen molar-refractivity contribution in [1.82, 2.24) is 10.6 Å². The van der Waals surface area contributed by atoms with Crippen LogP contribution in [-0.2, 0) is 9.47 Å². The first-order valence-electron chi connectivity index (χ1n) is 8.31. The summed E-state index contributed by atoms with van der Waals surface area (Å²) in [7, 11) is 0. The molecule has 1 aromatic rings. The van der Waals surface area contributed by atoms with E-state index >= 15 is 0 Å². The van der Waals surface area contributed by atoms with Crippen LogP contribution in [0.3, 0.4) is 0 Å². The van der Waals surface area contributed by atoms with E-state index in [1.165, 1.54) is 4.88 Å². The van der Waals surface area contributed by atoms with Gasteiger partial charge in [0.05, 0.1) is 18.2 Å². The first kappa shape index (κ1) is 19.7. The standard InChI is InChI=1S/C17H27BrN2O3S/c1-6-22-13-9-12(20-16(21)23-17(3,4)5)14(13)19-10(2)15-11(18)7-8-24-15/h7-8,10,12-14,19H,6,9H2,1-5H3,(H,20,21). The molecular weight excluding hydrogens is 392 g/mol. The number of carbonyl (C=O) groups excluding carboxylic acids is 1. The molecule has 1 aliphatic carbocycles. The Kier molecular flexibility index (Phi) is 6.70. The van der Waals surface area contributed by atoms with Crippen LogP contribution in [-0.4, -0.2) is 36.5 Å². The average Bonchev–Trinajstić information content (AvgIpc) is 2.88. The van der Waals surface area contributed by atoms with Crippen LogP contribution in [0.2, 0.25) is 0 Å². The van der Waals surface area contributed by atoms with Gasteiger partial charge in [0.25, 0.3) is 0 Å². The highest BCUT2D eigenvalue weighted by Crippen LogP contribution is 2.32. The molecule has 136 valence electrons. The van der Waals surface area contributed by atoms with E-state index in [4.69, 9.17) is 9.47 Å². The normalized spacial score (nSPS) is 25.0. The second-order valence-electron chi connectivity index (χ2n) is 7.03. The van der Waals surface area contributed by atoms with Gasteiger partial charge in [-0.25, -0.2) is 4.79 Å². The second kappa shape index (κ2) is 8.17. The van der Waals surface area contributed by atoms with Gasteiger partial charge >= 0.3 is 6.09 Å². The van der Waals surface area contributed by atoms with Crippen LogP contribution in [0.5, 0.6) is 0 Å². The number of hydrogen-bond acceptors (Lipinski definition) is 5. The van der Waals surface area contributed by atoms with Gasteiger partial charge in [-0.3, -0.25) is 0 Å². The Morgan fingerprint density at radius 1 is 1.50 bits per heavy atom. The Hall–Kier alpha value is -0.630. The zero-order valence-electron chi connectivity index (χ0n) is 14.9. The number of thiophene rings is 1. The number of carbonyl (C=O) groups is 1. The molecule has 0 aliphatic heterocycles. The largest absolute Gasteiger partial charge is 0.444 e. The highest BCUT2D eigenvalue weighted by atomic mass is 79.9. The van der Waals surface area contributed by atoms with Crippen molar-refractivity contribution in [2.45, 2.75) is 70.9 Å². The van der Waals surface area contributed by atoms with Crippen LogP contribution in [0.4, 0.5) is 4.79 Å². The fourth-order valence-electron chi connectivity index (χ4n) is 2.80. The van der Waals surface area contributed by atoms with E-state index in [-0.39, 0.29) is 30.3 Å². The fourth-order valence-corrected chi connectivity index (χ4v) is 4.54. The monoisotopic (exact) mass is 418 g/mol. The van der Waals surface area contributed by atoms with Gasteiger partial charge in [-0.15, -0.1) is 11.3 Å². The summed E-state index contributed by atoms with van der Waals surface area (Å²) in [5.41, 5.74) is -0.495. The summed E-state index contributed by atoms with van der Waals surface area (Å²) in [4.78, 5) is 13.3. The molecule has 2 N–H and O–H groups in total. The topological polar surface area (TPSA) is 59.6 Å². The molecule has 1 fully saturated rings. The number of rotatable bonds is 6. The van der Waals surface area contributed by atoms with Crippen molar-refractivity contribution in [3.63, 3.8) is 0 Å². The van der Waals surface area contributed by atoms with E-state index in [1.807, 2.05) is 27.7 Å². The van der Waals surface area contributed by atoms with E-state index < -0.39 is 5.60 Å². The Morgan fingerprint density at radius 3 is 2.75 bits per heavy atom. The van der Waals surface area contributed by atoms with Crippen LogP contribution in [0.15, 0.2) is 15.9 Å². The number of ether oxygens (including phenoxy) is 2. The third kappa shape index (κ3) is 5.18. The first-order chi connectivity index (χ1) is 11.2. The molecule has 0 saturated heterocycles. The lowest BCUT2D eigenvalue weighted by molar-refractivity contribution is -0.0461. The Morgan fingerprint density at radius 2 is 2.21 bits per heavy atom. The minimum absolute atomic E-state index is 0.0117. The summed E-state index contributed by atoms with van der Waals surface area (Å²) in [6, 6.07) is 2.31. The van der Waals surface area contributed by atoms with Gasteiger partial charge in [-0.2, -0.15) is 0 Å². The summed E-state index contributed by atoms with van der Waals surface area (Å²) >= 11 is 5.29. The highest BCUT2D eigenvalue weighted by molar-refractivity contribution is 9.10. The zero-order chi connectivity index (χ0) is 17.9. The van der Waals surface area contributed by atoms with Crippen LogP contribution in [0, 0.1) is 0 Å². The van der Waals surface area contributed by atoms with E-state index in [9.17, 15) is 4.79 Å². The Balaban J connectivity index is 1.97. The third-order valence-electron chi connectivity index (χ3n) is 3.88. The van der Waals surface area contributed by atoms with Crippen LogP contribution in [0.25, 0.3) is 0 Å². The quantitative estimate of drug-likeness (QED) is 0.725. The molecule has 0 bridgehead atoms. The van der Waals surface area contributed by atoms with Gasteiger partial charge in [-0.1, -0.05) is 0 Å². The minimum atomic E-state index is -0.495. The molecule has 1 aliphatic rings. The molecule has 2 rings (SSSR count). The van der Waals surface area contributed by atoms with Crippen molar-refractivity contribution in [3.8, 4) is 0 Å². The van der Waals surface area contributed by atoms with Crippen LogP contribution >= 0.6 is 27.3 Å². The molecule has 1 aromatic heterocycles. The Bertz CT molecular complexity index is 558. The minimum Gasteiger partial charge on any atom is -0.444 e. The molecule has 5 nitrogen and oxygen atoms in total. The SMILES string of the molecule is CCOC1CC(NC(=O)OC(C)(C)C)C1NC(C)c1sccc1Br. The maximum atomic E-state index is 12.0. The summed E-state index contributed by atoms with van der Waals surface area (Å²) < 4.78 is 12.3. The smallest absolute Gasteiger partial charge is 0.407 e. The second-order valence-corrected chi connectivity index (χ2v) is 8.83. The summed E-state index contributed by atoms with van der Waals surface area (Å²) in [6.45, 7) is 10.4. The van der Waals surface area contributed by atoms with Crippen molar-refractivity contribution in [1.29, 1.82) is 0 Å². The summed E-state index contributed by atoms with van der Waals surface area (Å²) in [5, 5.41) is 8.63. The number of amides is 1. The lowest BCUT2D eigenvalue weighted by Crippen LogP contribution is -2.66. The molecule has 1 saturated carbocycles. The van der Waals surface area contributed by atoms with Crippen molar-refractivity contribution >= 4 is 33.4 Å². The molecule has 1 heterocycles. The summed E-state index contributed by atoms with van der Waals surface area (Å²) in [6.07, 6.45) is 0.527. The van der Waals surface area contributed by atoms with Crippen molar-refractivity contribution in [2.75, 3.05) is 6.61 Å². The highest BCUT2D eigenvalue weighted by Gasteiger charge is 2.44. The molecule has 7 heteroatoms. The molecule has 24 heavy (non-hydrogen) atoms. The van der Waals surface area contributed by atoms with Crippen molar-refractivity contribution in [3.05, 3.63) is 20.8 Å². The van der Waals surface area contributed by atoms with Crippen molar-refractivity contribution in [2.24, 2.45) is 0 Å². The molecule has 4 atom stereocenters. The lowest BCUT2D eigenvalue weighted by Gasteiger charge is -2.46. The summed E-state index contributed by atoms with van der Waals surface area (Å²) in [5.74, 6) is 0. The molecule has 1 amide bonds. The first-order valence-corrected chi connectivity index (χ1v) is 9.98. The van der Waals surface area contributed by atoms with Crippen molar-refractivity contribution < 1.29 is 14.3 Å². The molecule has 4 unspecified atom stereocenters. The molecule has 0 spiro atoms. The van der Waals surface area contributed by atoms with Gasteiger partial charge in [0, 0.05) is 22.0 Å². The zero-order valence-corrected chi connectivity index (χ0v) is 17.3. The molecular formula is C17H27BrN2O3S. The third-order valence-corrected chi connectivity index (χ3v) is 5.94. The predicted octanol–water partition coefficient (Wildman–Crippen LogP) is 4.23. The number of nitrogens with one attached hydrogen (secondary N) is 2. The number of halogens is 1. The van der Waals surface area contributed by atoms with Gasteiger partial charge in [0.1, 0.15) is 5.60 Å².